The van der Waals surface area contributed by atoms with Gasteiger partial charge < -0.3 is 9.64 Å². The topological polar surface area (TPSA) is 75.7 Å². The Morgan fingerprint density at radius 1 is 1.32 bits per heavy atom. The van der Waals surface area contributed by atoms with Crippen molar-refractivity contribution in [1.82, 2.24) is 9.62 Å². The summed E-state index contributed by atoms with van der Waals surface area (Å²) < 4.78 is 46.2. The summed E-state index contributed by atoms with van der Waals surface area (Å²) in [5, 5.41) is 0. The molecule has 1 saturated heterocycles. The van der Waals surface area contributed by atoms with Crippen molar-refractivity contribution in [1.29, 1.82) is 0 Å². The molecule has 0 radical (unpaired) electrons. The molecule has 0 bridgehead atoms. The van der Waals surface area contributed by atoms with E-state index in [4.69, 9.17) is 4.74 Å². The Morgan fingerprint density at radius 2 is 2.00 bits per heavy atom. The van der Waals surface area contributed by atoms with E-state index < -0.39 is 32.4 Å². The molecule has 1 aromatic carbocycles. The Bertz CT molecular complexity index is 716. The van der Waals surface area contributed by atoms with Crippen LogP contribution in [0.1, 0.15) is 40.0 Å². The number of carbonyl (C=O) groups is 1. The second-order valence-corrected chi connectivity index (χ2v) is 8.84. The monoisotopic (exact) mass is 372 g/mol. The smallest absolute Gasteiger partial charge is 0.410 e. The number of halogens is 1. The lowest BCUT2D eigenvalue weighted by molar-refractivity contribution is 0.0105. The molecule has 2 rings (SSSR count). The summed E-state index contributed by atoms with van der Waals surface area (Å²) in [5.41, 5.74) is -0.619. The van der Waals surface area contributed by atoms with Crippen LogP contribution in [0.3, 0.4) is 0 Å². The molecule has 140 valence electrons. The number of ether oxygens (including phenoxy) is 1. The summed E-state index contributed by atoms with van der Waals surface area (Å²) in [4.78, 5) is 13.5. The number of hydrogen-bond donors (Lipinski definition) is 1. The van der Waals surface area contributed by atoms with E-state index in [1.807, 2.05) is 0 Å². The first-order valence-corrected chi connectivity index (χ1v) is 9.82. The first-order valence-electron chi connectivity index (χ1n) is 8.34. The Morgan fingerprint density at radius 3 is 2.64 bits per heavy atom. The summed E-state index contributed by atoms with van der Waals surface area (Å²) in [5.74, 6) is -0.803. The molecule has 1 aliphatic rings. The van der Waals surface area contributed by atoms with Crippen molar-refractivity contribution < 1.29 is 22.3 Å². The van der Waals surface area contributed by atoms with Gasteiger partial charge in [-0.2, -0.15) is 0 Å². The van der Waals surface area contributed by atoms with Crippen LogP contribution in [0, 0.1) is 5.82 Å². The Kier molecular flexibility index (Phi) is 6.05. The van der Waals surface area contributed by atoms with Gasteiger partial charge in [0.2, 0.25) is 10.0 Å². The summed E-state index contributed by atoms with van der Waals surface area (Å²) in [6.07, 6.45) is 1.95. The van der Waals surface area contributed by atoms with Crippen molar-refractivity contribution in [3.05, 3.63) is 30.1 Å². The highest BCUT2D eigenvalue weighted by Gasteiger charge is 2.31. The van der Waals surface area contributed by atoms with Crippen LogP contribution in [0.25, 0.3) is 0 Å². The van der Waals surface area contributed by atoms with E-state index in [0.29, 0.717) is 13.0 Å². The third-order valence-corrected chi connectivity index (χ3v) is 5.35. The Labute approximate surface area is 148 Å². The Hall–Kier alpha value is -1.67. The summed E-state index contributed by atoms with van der Waals surface area (Å²) in [6, 6.07) is 4.89. The van der Waals surface area contributed by atoms with Gasteiger partial charge in [-0.3, -0.25) is 0 Å². The fourth-order valence-electron chi connectivity index (χ4n) is 2.72. The fourth-order valence-corrected chi connectivity index (χ4v) is 3.87. The van der Waals surface area contributed by atoms with Gasteiger partial charge in [-0.25, -0.2) is 22.3 Å². The number of hydrogen-bond acceptors (Lipinski definition) is 4. The molecular formula is C17H25FN2O4S. The predicted molar refractivity (Wildman–Crippen MR) is 92.2 cm³/mol. The van der Waals surface area contributed by atoms with E-state index in [-0.39, 0.29) is 12.6 Å². The zero-order valence-corrected chi connectivity index (χ0v) is 15.6. The lowest BCUT2D eigenvalue weighted by Crippen LogP contribution is -2.50. The quantitative estimate of drug-likeness (QED) is 0.882. The second kappa shape index (κ2) is 7.70. The largest absolute Gasteiger partial charge is 0.444 e. The summed E-state index contributed by atoms with van der Waals surface area (Å²) >= 11 is 0. The van der Waals surface area contributed by atoms with Gasteiger partial charge in [0.05, 0.1) is 0 Å². The van der Waals surface area contributed by atoms with Crippen molar-refractivity contribution in [3.8, 4) is 0 Å². The number of sulfonamides is 1. The van der Waals surface area contributed by atoms with Gasteiger partial charge in [-0.15, -0.1) is 0 Å². The van der Waals surface area contributed by atoms with E-state index in [2.05, 4.69) is 4.72 Å². The number of carbonyl (C=O) groups excluding carboxylic acids is 1. The van der Waals surface area contributed by atoms with Crippen LogP contribution in [-0.4, -0.2) is 44.1 Å². The molecule has 1 atom stereocenters. The second-order valence-electron chi connectivity index (χ2n) is 7.11. The summed E-state index contributed by atoms with van der Waals surface area (Å²) in [6.45, 7) is 5.89. The average Bonchev–Trinajstić information content (AvgIpc) is 2.52. The maximum atomic E-state index is 13.7. The number of amides is 1. The van der Waals surface area contributed by atoms with E-state index in [9.17, 15) is 17.6 Å². The Balaban J connectivity index is 2.07. The van der Waals surface area contributed by atoms with E-state index >= 15 is 0 Å². The van der Waals surface area contributed by atoms with Crippen LogP contribution in [-0.2, 0) is 14.8 Å². The highest BCUT2D eigenvalue weighted by atomic mass is 32.2. The maximum Gasteiger partial charge on any atom is 0.410 e. The molecule has 0 saturated carbocycles. The zero-order chi connectivity index (χ0) is 18.7. The number of benzene rings is 1. The maximum absolute atomic E-state index is 13.7. The number of rotatable bonds is 4. The van der Waals surface area contributed by atoms with Gasteiger partial charge in [-0.05, 0) is 52.2 Å². The molecule has 1 fully saturated rings. The van der Waals surface area contributed by atoms with Crippen molar-refractivity contribution >= 4 is 16.1 Å². The van der Waals surface area contributed by atoms with Gasteiger partial charge in [0.1, 0.15) is 16.3 Å². The minimum Gasteiger partial charge on any atom is -0.444 e. The highest BCUT2D eigenvalue weighted by Crippen LogP contribution is 2.21. The third-order valence-electron chi connectivity index (χ3n) is 3.89. The van der Waals surface area contributed by atoms with Crippen LogP contribution < -0.4 is 4.72 Å². The van der Waals surface area contributed by atoms with Gasteiger partial charge in [0.15, 0.2) is 0 Å². The van der Waals surface area contributed by atoms with E-state index in [1.165, 1.54) is 18.2 Å². The standard InChI is InChI=1S/C17H25FN2O4S/c1-17(2,3)24-16(21)20-11-7-6-8-13(20)12-19-25(22,23)15-10-5-4-9-14(15)18/h4-5,9-10,13,19H,6-8,11-12H2,1-3H3. The SMILES string of the molecule is CC(C)(C)OC(=O)N1CCCCC1CNS(=O)(=O)c1ccccc1F. The number of nitrogens with zero attached hydrogens (tertiary/aromatic N) is 1. The van der Waals surface area contributed by atoms with E-state index in [0.717, 1.165) is 18.9 Å². The van der Waals surface area contributed by atoms with Gasteiger partial charge in [0, 0.05) is 19.1 Å². The number of piperidine rings is 1. The lowest BCUT2D eigenvalue weighted by Gasteiger charge is -2.36. The predicted octanol–water partition coefficient (Wildman–Crippen LogP) is 2.89. The summed E-state index contributed by atoms with van der Waals surface area (Å²) in [7, 11) is -3.98. The van der Waals surface area contributed by atoms with Crippen molar-refractivity contribution in [2.24, 2.45) is 0 Å². The molecule has 25 heavy (non-hydrogen) atoms. The van der Waals surface area contributed by atoms with Crippen molar-refractivity contribution in [2.75, 3.05) is 13.1 Å². The van der Waals surface area contributed by atoms with Crippen LogP contribution in [0.4, 0.5) is 9.18 Å². The number of nitrogens with one attached hydrogen (secondary N) is 1. The fraction of sp³-hybridized carbons (Fsp3) is 0.588. The molecule has 0 aromatic heterocycles. The number of likely N-dealkylation sites (tertiary alicyclic amines) is 1. The van der Waals surface area contributed by atoms with Crippen molar-refractivity contribution in [3.63, 3.8) is 0 Å². The van der Waals surface area contributed by atoms with E-state index in [1.54, 1.807) is 25.7 Å². The molecule has 1 aromatic rings. The zero-order valence-electron chi connectivity index (χ0n) is 14.8. The first-order chi connectivity index (χ1) is 11.6. The van der Waals surface area contributed by atoms with Crippen molar-refractivity contribution in [2.45, 2.75) is 56.6 Å². The molecule has 8 heteroatoms. The van der Waals surface area contributed by atoms with Crippen LogP contribution in [0.5, 0.6) is 0 Å². The lowest BCUT2D eigenvalue weighted by atomic mass is 10.0. The molecular weight excluding hydrogens is 347 g/mol. The molecule has 6 nitrogen and oxygen atoms in total. The van der Waals surface area contributed by atoms with Crippen LogP contribution in [0.2, 0.25) is 0 Å². The van der Waals surface area contributed by atoms with Gasteiger partial charge in [-0.1, -0.05) is 12.1 Å². The molecule has 1 N–H and O–H groups in total. The highest BCUT2D eigenvalue weighted by molar-refractivity contribution is 7.89. The molecule has 0 aliphatic carbocycles. The molecule has 1 aliphatic heterocycles. The minimum atomic E-state index is -3.98. The van der Waals surface area contributed by atoms with Crippen LogP contribution in [0.15, 0.2) is 29.2 Å². The molecule has 1 unspecified atom stereocenters. The molecule has 0 spiro atoms. The van der Waals surface area contributed by atoms with Gasteiger partial charge >= 0.3 is 6.09 Å². The first kappa shape index (κ1) is 19.7. The third kappa shape index (κ3) is 5.40. The minimum absolute atomic E-state index is 0.0237. The average molecular weight is 372 g/mol. The molecule has 1 amide bonds. The van der Waals surface area contributed by atoms with Crippen LogP contribution >= 0.6 is 0 Å². The van der Waals surface area contributed by atoms with Gasteiger partial charge in [0.25, 0.3) is 0 Å². The normalized spacial score (nSPS) is 18.9. The molecule has 1 heterocycles.